The number of alkyl carbamates (subject to hydrolysis) is 1. The molecule has 0 spiro atoms. The summed E-state index contributed by atoms with van der Waals surface area (Å²) in [6.07, 6.45) is 0.117. The van der Waals surface area contributed by atoms with Gasteiger partial charge in [0.1, 0.15) is 17.9 Å². The van der Waals surface area contributed by atoms with Gasteiger partial charge in [0.2, 0.25) is 0 Å². The highest BCUT2D eigenvalue weighted by molar-refractivity contribution is 5.75. The van der Waals surface area contributed by atoms with Gasteiger partial charge in [-0.05, 0) is 45.7 Å². The largest absolute Gasteiger partial charge is 0.444 e. The molecule has 4 heteroatoms. The first-order valence-electron chi connectivity index (χ1n) is 6.25. The molecule has 0 aliphatic carbocycles. The molecule has 0 aliphatic rings. The maximum Gasteiger partial charge on any atom is 0.408 e. The number of hydrogen-bond acceptors (Lipinski definition) is 3. The summed E-state index contributed by atoms with van der Waals surface area (Å²) in [4.78, 5) is 22.9. The quantitative estimate of drug-likeness (QED) is 0.853. The second-order valence-electron chi connectivity index (χ2n) is 5.62. The molecule has 0 bridgehead atoms. The Bertz CT molecular complexity index is 475. The summed E-state index contributed by atoms with van der Waals surface area (Å²) >= 11 is 0. The fourth-order valence-electron chi connectivity index (χ4n) is 1.79. The molecule has 19 heavy (non-hydrogen) atoms. The lowest BCUT2D eigenvalue weighted by atomic mass is 10.0. The van der Waals surface area contributed by atoms with Crippen LogP contribution < -0.4 is 5.32 Å². The first-order valence-corrected chi connectivity index (χ1v) is 6.25. The highest BCUT2D eigenvalue weighted by atomic mass is 16.6. The van der Waals surface area contributed by atoms with E-state index in [1.165, 1.54) is 0 Å². The Morgan fingerprint density at radius 3 is 2.42 bits per heavy atom. The summed E-state index contributed by atoms with van der Waals surface area (Å²) in [5.41, 5.74) is 2.28. The number of amides is 1. The Morgan fingerprint density at radius 1 is 1.32 bits per heavy atom. The van der Waals surface area contributed by atoms with Gasteiger partial charge in [0, 0.05) is 0 Å². The summed E-state index contributed by atoms with van der Waals surface area (Å²) in [6, 6.07) is 5.05. The van der Waals surface area contributed by atoms with Crippen molar-refractivity contribution in [3.05, 3.63) is 34.9 Å². The number of carbonyl (C=O) groups is 2. The van der Waals surface area contributed by atoms with Crippen molar-refractivity contribution in [3.63, 3.8) is 0 Å². The number of hydrogen-bond donors (Lipinski definition) is 1. The van der Waals surface area contributed by atoms with E-state index in [2.05, 4.69) is 5.32 Å². The molecule has 0 saturated heterocycles. The van der Waals surface area contributed by atoms with Gasteiger partial charge in [-0.25, -0.2) is 4.79 Å². The molecule has 0 aromatic heterocycles. The van der Waals surface area contributed by atoms with Crippen molar-refractivity contribution >= 4 is 12.4 Å². The van der Waals surface area contributed by atoms with Crippen LogP contribution in [0.3, 0.4) is 0 Å². The van der Waals surface area contributed by atoms with Crippen LogP contribution in [0.2, 0.25) is 0 Å². The molecule has 0 heterocycles. The lowest BCUT2D eigenvalue weighted by Crippen LogP contribution is -2.35. The minimum absolute atomic E-state index is 0.583. The van der Waals surface area contributed by atoms with Crippen LogP contribution in [-0.4, -0.2) is 18.0 Å². The van der Waals surface area contributed by atoms with Crippen LogP contribution in [0.5, 0.6) is 0 Å². The Labute approximate surface area is 114 Å². The van der Waals surface area contributed by atoms with Gasteiger partial charge in [-0.3, -0.25) is 0 Å². The average Bonchev–Trinajstić information content (AvgIpc) is 2.24. The van der Waals surface area contributed by atoms with Crippen molar-refractivity contribution in [1.82, 2.24) is 5.32 Å². The van der Waals surface area contributed by atoms with Gasteiger partial charge in [0.15, 0.2) is 0 Å². The highest BCUT2D eigenvalue weighted by Gasteiger charge is 2.21. The standard InChI is InChI=1S/C15H21NO3/c1-10-6-7-12(11(2)8-10)13(9-17)16-14(18)19-15(3,4)5/h6-9,13H,1-5H3,(H,16,18). The highest BCUT2D eigenvalue weighted by Crippen LogP contribution is 2.18. The van der Waals surface area contributed by atoms with Crippen LogP contribution in [-0.2, 0) is 9.53 Å². The van der Waals surface area contributed by atoms with Crippen molar-refractivity contribution in [2.45, 2.75) is 46.3 Å². The van der Waals surface area contributed by atoms with E-state index in [1.807, 2.05) is 32.0 Å². The zero-order chi connectivity index (χ0) is 14.6. The third-order valence-corrected chi connectivity index (χ3v) is 2.57. The monoisotopic (exact) mass is 263 g/mol. The maximum absolute atomic E-state index is 11.7. The molecular formula is C15H21NO3. The average molecular weight is 263 g/mol. The summed E-state index contributed by atoms with van der Waals surface area (Å²) in [5, 5.41) is 2.57. The smallest absolute Gasteiger partial charge is 0.408 e. The maximum atomic E-state index is 11.7. The summed E-state index contributed by atoms with van der Waals surface area (Å²) in [6.45, 7) is 9.22. The molecule has 0 fully saturated rings. The fourth-order valence-corrected chi connectivity index (χ4v) is 1.79. The molecule has 1 amide bonds. The Morgan fingerprint density at radius 2 is 1.95 bits per heavy atom. The van der Waals surface area contributed by atoms with Crippen LogP contribution in [0.25, 0.3) is 0 Å². The number of ether oxygens (including phenoxy) is 1. The number of aryl methyl sites for hydroxylation is 2. The van der Waals surface area contributed by atoms with E-state index in [-0.39, 0.29) is 0 Å². The van der Waals surface area contributed by atoms with Crippen molar-refractivity contribution < 1.29 is 14.3 Å². The molecule has 1 rings (SSSR count). The zero-order valence-electron chi connectivity index (χ0n) is 12.1. The molecule has 1 unspecified atom stereocenters. The van der Waals surface area contributed by atoms with Crippen molar-refractivity contribution in [1.29, 1.82) is 0 Å². The second-order valence-corrected chi connectivity index (χ2v) is 5.62. The molecule has 0 saturated carbocycles. The number of nitrogens with one attached hydrogen (secondary N) is 1. The van der Waals surface area contributed by atoms with Crippen LogP contribution in [0.4, 0.5) is 4.79 Å². The zero-order valence-corrected chi connectivity index (χ0v) is 12.1. The van der Waals surface area contributed by atoms with Crippen LogP contribution in [0, 0.1) is 13.8 Å². The molecule has 4 nitrogen and oxygen atoms in total. The van der Waals surface area contributed by atoms with E-state index >= 15 is 0 Å². The molecule has 1 atom stereocenters. The summed E-state index contributed by atoms with van der Waals surface area (Å²) in [5.74, 6) is 0. The lowest BCUT2D eigenvalue weighted by Gasteiger charge is -2.22. The number of benzene rings is 1. The van der Waals surface area contributed by atoms with Gasteiger partial charge < -0.3 is 14.8 Å². The normalized spacial score (nSPS) is 12.7. The SMILES string of the molecule is Cc1ccc(C(C=O)NC(=O)OC(C)(C)C)c(C)c1. The molecule has 1 aromatic carbocycles. The lowest BCUT2D eigenvalue weighted by molar-refractivity contribution is -0.109. The predicted molar refractivity (Wildman–Crippen MR) is 74.1 cm³/mol. The van der Waals surface area contributed by atoms with E-state index in [0.29, 0.717) is 6.29 Å². The molecular weight excluding hydrogens is 242 g/mol. The van der Waals surface area contributed by atoms with Gasteiger partial charge in [0.05, 0.1) is 0 Å². The first-order chi connectivity index (χ1) is 8.73. The Kier molecular flexibility index (Phi) is 4.70. The van der Waals surface area contributed by atoms with Gasteiger partial charge in [-0.2, -0.15) is 0 Å². The van der Waals surface area contributed by atoms with Crippen LogP contribution >= 0.6 is 0 Å². The van der Waals surface area contributed by atoms with Crippen LogP contribution in [0.1, 0.15) is 43.5 Å². The number of aldehydes is 1. The van der Waals surface area contributed by atoms with Crippen LogP contribution in [0.15, 0.2) is 18.2 Å². The van der Waals surface area contributed by atoms with E-state index in [4.69, 9.17) is 4.74 Å². The molecule has 1 aromatic rings. The minimum Gasteiger partial charge on any atom is -0.444 e. The van der Waals surface area contributed by atoms with Crippen molar-refractivity contribution in [2.24, 2.45) is 0 Å². The first kappa shape index (κ1) is 15.2. The van der Waals surface area contributed by atoms with Crippen molar-refractivity contribution in [2.75, 3.05) is 0 Å². The van der Waals surface area contributed by atoms with E-state index in [1.54, 1.807) is 20.8 Å². The van der Waals surface area contributed by atoms with E-state index in [0.717, 1.165) is 16.7 Å². The minimum atomic E-state index is -0.685. The van der Waals surface area contributed by atoms with E-state index in [9.17, 15) is 9.59 Å². The third-order valence-electron chi connectivity index (χ3n) is 2.57. The topological polar surface area (TPSA) is 55.4 Å². The fraction of sp³-hybridized carbons (Fsp3) is 0.467. The molecule has 1 N–H and O–H groups in total. The molecule has 0 radical (unpaired) electrons. The Hall–Kier alpha value is -1.84. The van der Waals surface area contributed by atoms with Gasteiger partial charge in [0.25, 0.3) is 0 Å². The third kappa shape index (κ3) is 4.73. The van der Waals surface area contributed by atoms with Gasteiger partial charge >= 0.3 is 6.09 Å². The van der Waals surface area contributed by atoms with Crippen molar-refractivity contribution in [3.8, 4) is 0 Å². The number of carbonyl (C=O) groups excluding carboxylic acids is 2. The van der Waals surface area contributed by atoms with Gasteiger partial charge in [-0.15, -0.1) is 0 Å². The number of rotatable bonds is 3. The van der Waals surface area contributed by atoms with Gasteiger partial charge in [-0.1, -0.05) is 23.8 Å². The summed E-state index contributed by atoms with van der Waals surface area (Å²) < 4.78 is 5.15. The molecule has 104 valence electrons. The summed E-state index contributed by atoms with van der Waals surface area (Å²) in [7, 11) is 0. The van der Waals surface area contributed by atoms with E-state index < -0.39 is 17.7 Å². The Balaban J connectivity index is 2.84. The second kappa shape index (κ2) is 5.87. The predicted octanol–water partition coefficient (Wildman–Crippen LogP) is 3.07. The molecule has 0 aliphatic heterocycles.